The van der Waals surface area contributed by atoms with Crippen LogP contribution in [0.25, 0.3) is 0 Å². The van der Waals surface area contributed by atoms with Crippen molar-refractivity contribution in [3.8, 4) is 0 Å². The summed E-state index contributed by atoms with van der Waals surface area (Å²) in [5.41, 5.74) is 9.08. The van der Waals surface area contributed by atoms with Gasteiger partial charge in [0.25, 0.3) is 5.91 Å². The fraction of sp³-hybridized carbons (Fsp3) is 0.267. The number of thiophene rings is 1. The average Bonchev–Trinajstić information content (AvgIpc) is 2.77. The molecule has 1 atom stereocenters. The lowest BCUT2D eigenvalue weighted by atomic mass is 9.98. The molecular weight excluding hydrogens is 292 g/mol. The first kappa shape index (κ1) is 13.6. The number of anilines is 1. The number of amides is 1. The Balaban J connectivity index is 2.02. The molecule has 2 heterocycles. The third-order valence-corrected chi connectivity index (χ3v) is 5.21. The number of nitrogens with two attached hydrogens (primary N) is 1. The molecule has 104 valence electrons. The molecule has 0 spiro atoms. The first-order valence-corrected chi connectivity index (χ1v) is 7.72. The normalized spacial score (nSPS) is 17.9. The zero-order valence-corrected chi connectivity index (χ0v) is 12.7. The number of carbonyl (C=O) groups is 1. The fourth-order valence-electron chi connectivity index (χ4n) is 2.52. The summed E-state index contributed by atoms with van der Waals surface area (Å²) < 4.78 is 0. The minimum absolute atomic E-state index is 0.0336. The van der Waals surface area contributed by atoms with Crippen LogP contribution in [0.1, 0.15) is 20.8 Å². The standard InChI is InChI=1S/C15H15ClN2OS/c1-9-8-20-14(13(9)16)15(19)18-7-11(17)6-10-4-2-3-5-12(10)18/h2-5,8,11H,6-7,17H2,1H3. The zero-order chi connectivity index (χ0) is 14.3. The van der Waals surface area contributed by atoms with E-state index in [9.17, 15) is 4.79 Å². The van der Waals surface area contributed by atoms with Gasteiger partial charge in [-0.15, -0.1) is 11.3 Å². The highest BCUT2D eigenvalue weighted by Crippen LogP contribution is 2.33. The molecule has 1 unspecified atom stereocenters. The first-order chi connectivity index (χ1) is 9.58. The van der Waals surface area contributed by atoms with E-state index in [1.165, 1.54) is 11.3 Å². The number of carbonyl (C=O) groups excluding carboxylic acids is 1. The topological polar surface area (TPSA) is 46.3 Å². The van der Waals surface area contributed by atoms with E-state index in [1.54, 1.807) is 4.90 Å². The van der Waals surface area contributed by atoms with Crippen molar-refractivity contribution in [2.75, 3.05) is 11.4 Å². The summed E-state index contributed by atoms with van der Waals surface area (Å²) >= 11 is 7.61. The van der Waals surface area contributed by atoms with Gasteiger partial charge < -0.3 is 10.6 Å². The van der Waals surface area contributed by atoms with Gasteiger partial charge in [0.05, 0.1) is 5.02 Å². The number of fused-ring (bicyclic) bond motifs is 1. The van der Waals surface area contributed by atoms with Crippen LogP contribution in [-0.2, 0) is 6.42 Å². The maximum atomic E-state index is 12.7. The molecule has 1 amide bonds. The maximum absolute atomic E-state index is 12.7. The number of hydrogen-bond donors (Lipinski definition) is 1. The summed E-state index contributed by atoms with van der Waals surface area (Å²) in [6.45, 7) is 2.44. The number of benzene rings is 1. The number of nitrogens with zero attached hydrogens (tertiary/aromatic N) is 1. The summed E-state index contributed by atoms with van der Waals surface area (Å²) in [4.78, 5) is 15.1. The van der Waals surface area contributed by atoms with Gasteiger partial charge >= 0.3 is 0 Å². The third kappa shape index (κ3) is 2.24. The largest absolute Gasteiger partial charge is 0.326 e. The second kappa shape index (κ2) is 5.20. The Morgan fingerprint density at radius 1 is 1.45 bits per heavy atom. The molecule has 2 N–H and O–H groups in total. The molecule has 0 saturated carbocycles. The van der Waals surface area contributed by atoms with Gasteiger partial charge in [0.2, 0.25) is 0 Å². The van der Waals surface area contributed by atoms with Crippen LogP contribution < -0.4 is 10.6 Å². The van der Waals surface area contributed by atoms with Crippen LogP contribution in [0.4, 0.5) is 5.69 Å². The number of halogens is 1. The van der Waals surface area contributed by atoms with Gasteiger partial charge in [-0.2, -0.15) is 0 Å². The van der Waals surface area contributed by atoms with Crippen LogP contribution >= 0.6 is 22.9 Å². The van der Waals surface area contributed by atoms with Gasteiger partial charge in [-0.1, -0.05) is 29.8 Å². The summed E-state index contributed by atoms with van der Waals surface area (Å²) in [5, 5.41) is 2.46. The van der Waals surface area contributed by atoms with Crippen molar-refractivity contribution in [3.63, 3.8) is 0 Å². The molecule has 20 heavy (non-hydrogen) atoms. The average molecular weight is 307 g/mol. The number of hydrogen-bond acceptors (Lipinski definition) is 3. The Morgan fingerprint density at radius 3 is 2.90 bits per heavy atom. The van der Waals surface area contributed by atoms with Crippen molar-refractivity contribution in [2.45, 2.75) is 19.4 Å². The van der Waals surface area contributed by atoms with Crippen LogP contribution in [0.2, 0.25) is 5.02 Å². The molecule has 0 radical (unpaired) electrons. The molecule has 0 aliphatic carbocycles. The van der Waals surface area contributed by atoms with Gasteiger partial charge in [-0.05, 0) is 35.9 Å². The Hall–Kier alpha value is -1.36. The molecule has 0 fully saturated rings. The van der Waals surface area contributed by atoms with Crippen LogP contribution in [0.3, 0.4) is 0 Å². The van der Waals surface area contributed by atoms with Gasteiger partial charge in [-0.3, -0.25) is 4.79 Å². The molecule has 3 rings (SSSR count). The summed E-state index contributed by atoms with van der Waals surface area (Å²) in [5.74, 6) is -0.0595. The van der Waals surface area contributed by atoms with Crippen molar-refractivity contribution >= 4 is 34.5 Å². The monoisotopic (exact) mass is 306 g/mol. The van der Waals surface area contributed by atoms with E-state index in [4.69, 9.17) is 17.3 Å². The lowest BCUT2D eigenvalue weighted by Gasteiger charge is -2.32. The van der Waals surface area contributed by atoms with Gasteiger partial charge in [0, 0.05) is 18.3 Å². The molecule has 3 nitrogen and oxygen atoms in total. The zero-order valence-electron chi connectivity index (χ0n) is 11.1. The predicted octanol–water partition coefficient (Wildman–Crippen LogP) is 3.24. The minimum atomic E-state index is -0.0595. The quantitative estimate of drug-likeness (QED) is 0.879. The van der Waals surface area contributed by atoms with Crippen molar-refractivity contribution in [1.29, 1.82) is 0 Å². The second-order valence-electron chi connectivity index (χ2n) is 5.07. The van der Waals surface area contributed by atoms with Gasteiger partial charge in [0.1, 0.15) is 4.88 Å². The second-order valence-corrected chi connectivity index (χ2v) is 6.33. The molecule has 1 aromatic carbocycles. The third-order valence-electron chi connectivity index (χ3n) is 3.52. The lowest BCUT2D eigenvalue weighted by Crippen LogP contribution is -2.46. The molecule has 0 saturated heterocycles. The highest BCUT2D eigenvalue weighted by atomic mass is 35.5. The Morgan fingerprint density at radius 2 is 2.20 bits per heavy atom. The highest BCUT2D eigenvalue weighted by Gasteiger charge is 2.29. The molecule has 1 aliphatic rings. The minimum Gasteiger partial charge on any atom is -0.326 e. The summed E-state index contributed by atoms with van der Waals surface area (Å²) in [7, 11) is 0. The van der Waals surface area contributed by atoms with E-state index in [1.807, 2.05) is 36.6 Å². The van der Waals surface area contributed by atoms with Crippen molar-refractivity contribution in [2.24, 2.45) is 5.73 Å². The van der Waals surface area contributed by atoms with E-state index in [2.05, 4.69) is 0 Å². The molecular formula is C15H15ClN2OS. The van der Waals surface area contributed by atoms with Crippen LogP contribution in [0.15, 0.2) is 29.6 Å². The fourth-order valence-corrected chi connectivity index (χ4v) is 3.74. The molecule has 5 heteroatoms. The van der Waals surface area contributed by atoms with Crippen molar-refractivity contribution in [3.05, 3.63) is 50.7 Å². The molecule has 2 aromatic rings. The SMILES string of the molecule is Cc1csc(C(=O)N2CC(N)Cc3ccccc32)c1Cl. The van der Waals surface area contributed by atoms with E-state index in [-0.39, 0.29) is 11.9 Å². The van der Waals surface area contributed by atoms with Crippen molar-refractivity contribution in [1.82, 2.24) is 0 Å². The predicted molar refractivity (Wildman–Crippen MR) is 83.9 cm³/mol. The van der Waals surface area contributed by atoms with Crippen molar-refractivity contribution < 1.29 is 4.79 Å². The lowest BCUT2D eigenvalue weighted by molar-refractivity contribution is 0.0987. The van der Waals surface area contributed by atoms with Crippen LogP contribution in [-0.4, -0.2) is 18.5 Å². The Labute approximate surface area is 127 Å². The summed E-state index contributed by atoms with van der Waals surface area (Å²) in [6, 6.07) is 7.87. The Bertz CT molecular complexity index is 668. The summed E-state index contributed by atoms with van der Waals surface area (Å²) in [6.07, 6.45) is 0.803. The van der Waals surface area contributed by atoms with Crippen LogP contribution in [0, 0.1) is 6.92 Å². The first-order valence-electron chi connectivity index (χ1n) is 6.47. The van der Waals surface area contributed by atoms with E-state index >= 15 is 0 Å². The van der Waals surface area contributed by atoms with E-state index < -0.39 is 0 Å². The maximum Gasteiger partial charge on any atom is 0.269 e. The molecule has 1 aliphatic heterocycles. The molecule has 1 aromatic heterocycles. The van der Waals surface area contributed by atoms with Crippen LogP contribution in [0.5, 0.6) is 0 Å². The van der Waals surface area contributed by atoms with E-state index in [0.29, 0.717) is 16.4 Å². The van der Waals surface area contributed by atoms with E-state index in [0.717, 1.165) is 23.2 Å². The smallest absolute Gasteiger partial charge is 0.269 e. The number of aryl methyl sites for hydroxylation is 1. The Kier molecular flexibility index (Phi) is 3.54. The van der Waals surface area contributed by atoms with Gasteiger partial charge in [0.15, 0.2) is 0 Å². The number of rotatable bonds is 1. The van der Waals surface area contributed by atoms with Gasteiger partial charge in [-0.25, -0.2) is 0 Å². The molecule has 0 bridgehead atoms. The highest BCUT2D eigenvalue weighted by molar-refractivity contribution is 7.13. The number of para-hydroxylation sites is 1.